The Morgan fingerprint density at radius 1 is 0.716 bits per heavy atom. The third-order valence-corrected chi connectivity index (χ3v) is 12.9. The van der Waals surface area contributed by atoms with Gasteiger partial charge in [0.1, 0.15) is 17.5 Å². The number of halogens is 8. The number of carbonyl (C=O) groups excluding carboxylic acids is 6. The van der Waals surface area contributed by atoms with E-state index in [1.165, 1.54) is 30.6 Å². The average molecular weight is 1150 g/mol. The van der Waals surface area contributed by atoms with Crippen LogP contribution in [0.2, 0.25) is 5.02 Å². The predicted molar refractivity (Wildman–Crippen MR) is 292 cm³/mol. The molecule has 0 fully saturated rings. The van der Waals surface area contributed by atoms with Crippen LogP contribution in [-0.4, -0.2) is 60.0 Å². The van der Waals surface area contributed by atoms with Gasteiger partial charge in [0.25, 0.3) is 11.5 Å². The number of aromatic nitrogens is 5. The van der Waals surface area contributed by atoms with E-state index in [1.807, 2.05) is 42.5 Å². The first-order valence-electron chi connectivity index (χ1n) is 24.6. The fourth-order valence-corrected chi connectivity index (χ4v) is 9.12. The highest BCUT2D eigenvalue weighted by molar-refractivity contribution is 6.35. The summed E-state index contributed by atoms with van der Waals surface area (Å²) in [7, 11) is 0. The average Bonchev–Trinajstić information content (AvgIpc) is 4.50. The number of fused-ring (bicyclic) bond motifs is 2. The lowest BCUT2D eigenvalue weighted by Gasteiger charge is -2.18. The Hall–Kier alpha value is -9.27. The van der Waals surface area contributed by atoms with Crippen LogP contribution < -0.4 is 16.2 Å². The number of aldehydes is 1. The van der Waals surface area contributed by atoms with Crippen molar-refractivity contribution >= 4 is 93.8 Å². The number of anilines is 2. The molecule has 0 spiro atoms. The van der Waals surface area contributed by atoms with Gasteiger partial charge in [-0.2, -0.15) is 0 Å². The predicted octanol–water partition coefficient (Wildman–Crippen LogP) is 11.5. The number of benzene rings is 4. The van der Waals surface area contributed by atoms with E-state index in [0.29, 0.717) is 48.5 Å². The first-order chi connectivity index (χ1) is 38.8. The summed E-state index contributed by atoms with van der Waals surface area (Å²) in [6, 6.07) is 15.5. The highest BCUT2D eigenvalue weighted by Gasteiger charge is 2.31. The van der Waals surface area contributed by atoms with E-state index in [-0.39, 0.29) is 75.7 Å². The zero-order chi connectivity index (χ0) is 57.9. The van der Waals surface area contributed by atoms with Gasteiger partial charge in [0.05, 0.1) is 29.1 Å². The minimum atomic E-state index is -1.61. The molecule has 5 heterocycles. The van der Waals surface area contributed by atoms with Crippen molar-refractivity contribution in [2.75, 3.05) is 10.6 Å². The summed E-state index contributed by atoms with van der Waals surface area (Å²) >= 11 is 12.2. The number of hydrogen-bond donors (Lipinski definition) is 4. The standard InChI is InChI=1S/C29H20ClF3N4O3.C26H19ClF3NO3.C4H4N2O/c30-18-12-21(29(40)37(15-18)14-17-9-22(31)27(33)23(32)10-17)25(38)4-2-1-3-16-5-6-19-20(13-26-34-7-8-35-26)28(39)36-24(19)11-16;27-18-11-17(7-15-8-20(28)25(30)21(29)9-15)26(34)19(13-18)23(32)4-2-1-3-14-5-6-16-12-24(33)31-22(16)10-14;7-3-4-5-1-2-6-4/h1,3,5-13,15H,2,4,14H2,(H,34,35)(H,36,39);1,3,5-6,8-11,13,19H,2,4,7,12H2,(H,31,33);1-3H,(H,5,6)/b3-1+,20-13-;3-1+;. The van der Waals surface area contributed by atoms with Crippen molar-refractivity contribution in [2.45, 2.75) is 45.1 Å². The summed E-state index contributed by atoms with van der Waals surface area (Å²) in [5, 5.41) is 5.86. The fourth-order valence-electron chi connectivity index (χ4n) is 8.64. The monoisotopic (exact) mass is 1150 g/mol. The van der Waals surface area contributed by atoms with E-state index in [0.717, 1.165) is 56.8 Å². The summed E-state index contributed by atoms with van der Waals surface area (Å²) in [5.74, 6) is -10.4. The molecule has 3 aliphatic rings. The molecular weight excluding hydrogens is 1100 g/mol. The Kier molecular flexibility index (Phi) is 18.7. The van der Waals surface area contributed by atoms with E-state index < -0.39 is 57.9 Å². The quantitative estimate of drug-likeness (QED) is 0.0181. The van der Waals surface area contributed by atoms with Crippen molar-refractivity contribution in [1.29, 1.82) is 0 Å². The molecule has 10 rings (SSSR count). The highest BCUT2D eigenvalue weighted by atomic mass is 35.5. The zero-order valence-corrected chi connectivity index (χ0v) is 43.6. The summed E-state index contributed by atoms with van der Waals surface area (Å²) < 4.78 is 81.7. The van der Waals surface area contributed by atoms with Gasteiger partial charge in [-0.3, -0.25) is 33.6 Å². The van der Waals surface area contributed by atoms with Gasteiger partial charge < -0.3 is 25.2 Å². The van der Waals surface area contributed by atoms with E-state index in [4.69, 9.17) is 23.2 Å². The topological polar surface area (TPSA) is 206 Å². The Morgan fingerprint density at radius 2 is 1.32 bits per heavy atom. The molecule has 81 heavy (non-hydrogen) atoms. The number of carbonyl (C=O) groups is 6. The molecule has 0 bridgehead atoms. The van der Waals surface area contributed by atoms with Crippen LogP contribution in [-0.2, 0) is 38.6 Å². The van der Waals surface area contributed by atoms with Crippen molar-refractivity contribution in [3.63, 3.8) is 0 Å². The largest absolute Gasteiger partial charge is 0.345 e. The third kappa shape index (κ3) is 14.7. The molecule has 4 aromatic carbocycles. The smallest absolute Gasteiger partial charge is 0.261 e. The van der Waals surface area contributed by atoms with Gasteiger partial charge in [-0.15, -0.1) is 0 Å². The minimum Gasteiger partial charge on any atom is -0.345 e. The molecule has 14 nitrogen and oxygen atoms in total. The van der Waals surface area contributed by atoms with Crippen LogP contribution in [0.3, 0.4) is 0 Å². The molecular formula is C59H43Cl2F6N7O7. The number of nitrogens with one attached hydrogen (secondary N) is 4. The number of nitrogens with zero attached hydrogens (tertiary/aromatic N) is 3. The lowest BCUT2D eigenvalue weighted by atomic mass is 9.85. The Balaban J connectivity index is 0.000000191. The first kappa shape index (κ1) is 57.9. The van der Waals surface area contributed by atoms with Crippen LogP contribution in [0.15, 0.2) is 137 Å². The van der Waals surface area contributed by atoms with E-state index in [2.05, 4.69) is 30.6 Å². The van der Waals surface area contributed by atoms with Gasteiger partial charge in [0, 0.05) is 77.8 Å². The number of amides is 2. The Bertz CT molecular complexity index is 3810. The molecule has 22 heteroatoms. The second-order valence-electron chi connectivity index (χ2n) is 18.3. The van der Waals surface area contributed by atoms with Crippen molar-refractivity contribution in [3.05, 3.63) is 233 Å². The first-order valence-corrected chi connectivity index (χ1v) is 25.3. The molecule has 0 radical (unpaired) electrons. The summed E-state index contributed by atoms with van der Waals surface area (Å²) in [6.45, 7) is -0.305. The number of H-pyrrole nitrogens is 2. The van der Waals surface area contributed by atoms with Crippen LogP contribution in [0.25, 0.3) is 23.8 Å². The number of hydrogen-bond acceptors (Lipinski definition) is 9. The molecule has 0 saturated heterocycles. The van der Waals surface area contributed by atoms with Gasteiger partial charge in [-0.05, 0) is 101 Å². The lowest BCUT2D eigenvalue weighted by molar-refractivity contribution is -0.129. The second-order valence-corrected chi connectivity index (χ2v) is 19.2. The van der Waals surface area contributed by atoms with Crippen LogP contribution in [0.4, 0.5) is 37.7 Å². The number of ketones is 3. The molecule has 1 aliphatic carbocycles. The van der Waals surface area contributed by atoms with Gasteiger partial charge in [-0.25, -0.2) is 36.3 Å². The van der Waals surface area contributed by atoms with Crippen LogP contribution in [0.5, 0.6) is 0 Å². The molecule has 2 amide bonds. The fraction of sp³-hybridized carbons (Fsp3) is 0.136. The molecule has 412 valence electrons. The molecule has 4 N–H and O–H groups in total. The number of Topliss-reactive ketones (excluding diaryl/α,β-unsaturated/α-hetero) is 3. The minimum absolute atomic E-state index is 0.00351. The number of imidazole rings is 2. The normalized spacial score (nSPS) is 14.8. The van der Waals surface area contributed by atoms with Crippen molar-refractivity contribution < 1.29 is 55.1 Å². The maximum absolute atomic E-state index is 13.6. The van der Waals surface area contributed by atoms with Crippen LogP contribution in [0.1, 0.15) is 85.9 Å². The number of allylic oxidation sites excluding steroid dienone is 6. The van der Waals surface area contributed by atoms with Crippen molar-refractivity contribution in [3.8, 4) is 0 Å². The SMILES string of the molecule is O=C1Cc2ccc(/C=C/CCC(=O)C3C=C(Cl)C=C(Cc4cc(F)c(F)c(F)c4)C3=O)cc2N1.O=C1Nc2cc(/C=C/CCC(=O)c3cc(Cl)cn(Cc4cc(F)c(F)c(F)c4)c3=O)ccc2/C1=C/c1ncc[nH]1.O=Cc1ncc[nH]1. The summed E-state index contributed by atoms with van der Waals surface area (Å²) in [6.07, 6.45) is 20.8. The van der Waals surface area contributed by atoms with Crippen molar-refractivity contribution in [1.82, 2.24) is 24.5 Å². The number of rotatable bonds is 16. The maximum Gasteiger partial charge on any atom is 0.261 e. The summed E-state index contributed by atoms with van der Waals surface area (Å²) in [4.78, 5) is 98.1. The van der Waals surface area contributed by atoms with Crippen LogP contribution >= 0.6 is 23.2 Å². The molecule has 2 aliphatic heterocycles. The molecule has 3 aromatic heterocycles. The number of pyridine rings is 1. The van der Waals surface area contributed by atoms with Gasteiger partial charge in [0.15, 0.2) is 58.6 Å². The summed E-state index contributed by atoms with van der Waals surface area (Å²) in [5.41, 5.74) is 4.60. The zero-order valence-electron chi connectivity index (χ0n) is 42.1. The van der Waals surface area contributed by atoms with Gasteiger partial charge in [0.2, 0.25) is 5.91 Å². The molecule has 0 saturated carbocycles. The van der Waals surface area contributed by atoms with Crippen LogP contribution in [0, 0.1) is 40.8 Å². The maximum atomic E-state index is 13.6. The van der Waals surface area contributed by atoms with Gasteiger partial charge >= 0.3 is 0 Å². The van der Waals surface area contributed by atoms with E-state index >= 15 is 0 Å². The molecule has 7 aromatic rings. The highest BCUT2D eigenvalue weighted by Crippen LogP contribution is 2.34. The third-order valence-electron chi connectivity index (χ3n) is 12.5. The Morgan fingerprint density at radius 3 is 1.94 bits per heavy atom. The second kappa shape index (κ2) is 26.1. The van der Waals surface area contributed by atoms with E-state index in [1.54, 1.807) is 42.9 Å². The Labute approximate surface area is 466 Å². The molecule has 1 atom stereocenters. The molecule has 1 unspecified atom stereocenters. The van der Waals surface area contributed by atoms with Crippen molar-refractivity contribution in [2.24, 2.45) is 5.92 Å². The van der Waals surface area contributed by atoms with Gasteiger partial charge in [-0.1, -0.05) is 71.8 Å². The van der Waals surface area contributed by atoms with E-state index in [9.17, 15) is 59.9 Å². The lowest BCUT2D eigenvalue weighted by Crippen LogP contribution is -2.27. The number of aromatic amines is 2.